The van der Waals surface area contributed by atoms with Crippen molar-refractivity contribution in [2.24, 2.45) is 0 Å². The molecule has 0 spiro atoms. The number of carbonyl (C=O) groups is 1. The standard InChI is InChI=1S/C27H36O2/c1-3-4-5-6-7-8-10-13-24-16-18-26(19-17-24)21-27(22-29-23(2)28)20-25-14-11-9-12-15-25/h9,11-12,14-19,21H,3-8,10,13,20,22H2,1-2H3. The second-order valence-electron chi connectivity index (χ2n) is 7.86. The Bertz CT molecular complexity index is 729. The first-order valence-electron chi connectivity index (χ1n) is 11.1. The summed E-state index contributed by atoms with van der Waals surface area (Å²) in [4.78, 5) is 11.2. The highest BCUT2D eigenvalue weighted by Crippen LogP contribution is 2.16. The third-order valence-electron chi connectivity index (χ3n) is 5.15. The molecule has 0 aliphatic carbocycles. The Hall–Kier alpha value is -2.35. The topological polar surface area (TPSA) is 26.3 Å². The van der Waals surface area contributed by atoms with E-state index in [1.54, 1.807) is 0 Å². The molecule has 0 saturated heterocycles. The summed E-state index contributed by atoms with van der Waals surface area (Å²) in [5, 5.41) is 0. The number of carbonyl (C=O) groups excluding carboxylic acids is 1. The predicted molar refractivity (Wildman–Crippen MR) is 123 cm³/mol. The normalized spacial score (nSPS) is 11.4. The molecule has 0 unspecified atom stereocenters. The molecule has 0 N–H and O–H groups in total. The summed E-state index contributed by atoms with van der Waals surface area (Å²) in [5.41, 5.74) is 4.89. The lowest BCUT2D eigenvalue weighted by molar-refractivity contribution is -0.139. The molecule has 2 nitrogen and oxygen atoms in total. The van der Waals surface area contributed by atoms with Gasteiger partial charge in [0.1, 0.15) is 6.61 Å². The highest BCUT2D eigenvalue weighted by Gasteiger charge is 2.04. The molecule has 0 heterocycles. The summed E-state index contributed by atoms with van der Waals surface area (Å²) in [7, 11) is 0. The summed E-state index contributed by atoms with van der Waals surface area (Å²) in [6.45, 7) is 4.06. The fourth-order valence-corrected chi connectivity index (χ4v) is 3.50. The summed E-state index contributed by atoms with van der Waals surface area (Å²) in [6, 6.07) is 19.1. The van der Waals surface area contributed by atoms with E-state index < -0.39 is 0 Å². The number of rotatable bonds is 13. The van der Waals surface area contributed by atoms with E-state index in [4.69, 9.17) is 4.74 Å². The Morgan fingerprint density at radius 2 is 1.48 bits per heavy atom. The highest BCUT2D eigenvalue weighted by atomic mass is 16.5. The van der Waals surface area contributed by atoms with Crippen LogP contribution in [0.15, 0.2) is 60.2 Å². The van der Waals surface area contributed by atoms with Gasteiger partial charge in [-0.15, -0.1) is 0 Å². The summed E-state index contributed by atoms with van der Waals surface area (Å²) in [6.07, 6.45) is 13.5. The second-order valence-corrected chi connectivity index (χ2v) is 7.86. The molecule has 2 rings (SSSR count). The lowest BCUT2D eigenvalue weighted by Gasteiger charge is -2.09. The van der Waals surface area contributed by atoms with Crippen molar-refractivity contribution in [3.8, 4) is 0 Å². The van der Waals surface area contributed by atoms with E-state index in [0.29, 0.717) is 6.61 Å². The molecule has 0 amide bonds. The van der Waals surface area contributed by atoms with Gasteiger partial charge in [-0.25, -0.2) is 0 Å². The number of hydrogen-bond donors (Lipinski definition) is 0. The van der Waals surface area contributed by atoms with E-state index in [-0.39, 0.29) is 5.97 Å². The smallest absolute Gasteiger partial charge is 0.302 e. The largest absolute Gasteiger partial charge is 0.461 e. The monoisotopic (exact) mass is 392 g/mol. The van der Waals surface area contributed by atoms with Gasteiger partial charge in [-0.3, -0.25) is 4.79 Å². The van der Waals surface area contributed by atoms with Crippen molar-refractivity contribution in [3.63, 3.8) is 0 Å². The van der Waals surface area contributed by atoms with Crippen molar-refractivity contribution in [1.29, 1.82) is 0 Å². The highest BCUT2D eigenvalue weighted by molar-refractivity contribution is 5.66. The van der Waals surface area contributed by atoms with E-state index in [1.165, 1.54) is 63.0 Å². The van der Waals surface area contributed by atoms with Crippen molar-refractivity contribution in [3.05, 3.63) is 76.9 Å². The minimum Gasteiger partial charge on any atom is -0.461 e. The molecule has 29 heavy (non-hydrogen) atoms. The molecule has 0 radical (unpaired) electrons. The molecule has 0 atom stereocenters. The van der Waals surface area contributed by atoms with Crippen LogP contribution in [0.3, 0.4) is 0 Å². The van der Waals surface area contributed by atoms with Crippen LogP contribution in [0.4, 0.5) is 0 Å². The van der Waals surface area contributed by atoms with E-state index in [0.717, 1.165) is 24.0 Å². The predicted octanol–water partition coefficient (Wildman–Crippen LogP) is 7.17. The summed E-state index contributed by atoms with van der Waals surface area (Å²) in [5.74, 6) is -0.242. The number of esters is 1. The van der Waals surface area contributed by atoms with Crippen molar-refractivity contribution < 1.29 is 9.53 Å². The van der Waals surface area contributed by atoms with Crippen molar-refractivity contribution in [2.75, 3.05) is 6.61 Å². The van der Waals surface area contributed by atoms with Crippen LogP contribution in [0.2, 0.25) is 0 Å². The third-order valence-corrected chi connectivity index (χ3v) is 5.15. The van der Waals surface area contributed by atoms with Crippen LogP contribution >= 0.6 is 0 Å². The quantitative estimate of drug-likeness (QED) is 0.267. The lowest BCUT2D eigenvalue weighted by atomic mass is 10.0. The van der Waals surface area contributed by atoms with Gasteiger partial charge < -0.3 is 4.74 Å². The van der Waals surface area contributed by atoms with Crippen LogP contribution in [0.5, 0.6) is 0 Å². The van der Waals surface area contributed by atoms with Gasteiger partial charge in [-0.2, -0.15) is 0 Å². The Kier molecular flexibility index (Phi) is 10.9. The molecule has 2 heteroatoms. The molecule has 2 aromatic carbocycles. The summed E-state index contributed by atoms with van der Waals surface area (Å²) < 4.78 is 5.27. The van der Waals surface area contributed by atoms with Crippen LogP contribution in [0.25, 0.3) is 6.08 Å². The van der Waals surface area contributed by atoms with Crippen molar-refractivity contribution in [2.45, 2.75) is 71.6 Å². The first kappa shape index (κ1) is 22.9. The van der Waals surface area contributed by atoms with Crippen LogP contribution < -0.4 is 0 Å². The molecular formula is C27H36O2. The van der Waals surface area contributed by atoms with Crippen molar-refractivity contribution in [1.82, 2.24) is 0 Å². The van der Waals surface area contributed by atoms with Gasteiger partial charge in [0.15, 0.2) is 0 Å². The number of hydrogen-bond acceptors (Lipinski definition) is 2. The van der Waals surface area contributed by atoms with E-state index in [2.05, 4.69) is 49.4 Å². The molecule has 156 valence electrons. The molecule has 2 aromatic rings. The molecule has 0 bridgehead atoms. The number of unbranched alkanes of at least 4 members (excludes halogenated alkanes) is 6. The van der Waals surface area contributed by atoms with Crippen LogP contribution in [-0.4, -0.2) is 12.6 Å². The maximum atomic E-state index is 11.2. The lowest BCUT2D eigenvalue weighted by Crippen LogP contribution is -2.05. The zero-order valence-electron chi connectivity index (χ0n) is 18.2. The van der Waals surface area contributed by atoms with Crippen LogP contribution in [0.1, 0.15) is 75.5 Å². The SMILES string of the molecule is CCCCCCCCCc1ccc(C=C(COC(C)=O)Cc2ccccc2)cc1. The molecule has 0 aliphatic rings. The van der Waals surface area contributed by atoms with Gasteiger partial charge in [0.05, 0.1) is 0 Å². The molecule has 0 fully saturated rings. The Morgan fingerprint density at radius 3 is 2.14 bits per heavy atom. The summed E-state index contributed by atoms with van der Waals surface area (Å²) >= 11 is 0. The molecule has 0 aromatic heterocycles. The Morgan fingerprint density at radius 1 is 0.828 bits per heavy atom. The maximum absolute atomic E-state index is 11.2. The van der Waals surface area contributed by atoms with Gasteiger partial charge in [0.2, 0.25) is 0 Å². The van der Waals surface area contributed by atoms with Gasteiger partial charge >= 0.3 is 5.97 Å². The van der Waals surface area contributed by atoms with E-state index in [9.17, 15) is 4.79 Å². The first-order valence-corrected chi connectivity index (χ1v) is 11.1. The third kappa shape index (κ3) is 10.1. The fraction of sp³-hybridized carbons (Fsp3) is 0.444. The molecular weight excluding hydrogens is 356 g/mol. The fourth-order valence-electron chi connectivity index (χ4n) is 3.50. The zero-order valence-corrected chi connectivity index (χ0v) is 18.2. The van der Waals surface area contributed by atoms with Gasteiger partial charge in [-0.1, -0.05) is 106 Å². The van der Waals surface area contributed by atoms with Gasteiger partial charge in [0, 0.05) is 6.92 Å². The maximum Gasteiger partial charge on any atom is 0.302 e. The first-order chi connectivity index (χ1) is 14.2. The van der Waals surface area contributed by atoms with Gasteiger partial charge in [-0.05, 0) is 41.5 Å². The molecule has 0 saturated carbocycles. The van der Waals surface area contributed by atoms with Crippen LogP contribution in [-0.2, 0) is 22.4 Å². The minimum absolute atomic E-state index is 0.242. The number of ether oxygens (including phenoxy) is 1. The second kappa shape index (κ2) is 13.8. The Labute approximate surface area is 177 Å². The van der Waals surface area contributed by atoms with Crippen molar-refractivity contribution >= 4 is 12.0 Å². The number of benzene rings is 2. The average molecular weight is 393 g/mol. The molecule has 0 aliphatic heterocycles. The van der Waals surface area contributed by atoms with Gasteiger partial charge in [0.25, 0.3) is 0 Å². The van der Waals surface area contributed by atoms with Crippen LogP contribution in [0, 0.1) is 0 Å². The minimum atomic E-state index is -0.242. The van der Waals surface area contributed by atoms with E-state index in [1.807, 2.05) is 18.2 Å². The zero-order chi connectivity index (χ0) is 20.7. The van der Waals surface area contributed by atoms with E-state index >= 15 is 0 Å². The Balaban J connectivity index is 1.88. The average Bonchev–Trinajstić information content (AvgIpc) is 2.73. The number of aryl methyl sites for hydroxylation is 1.